The van der Waals surface area contributed by atoms with Crippen LogP contribution < -0.4 is 50.0 Å². The van der Waals surface area contributed by atoms with Crippen molar-refractivity contribution in [3.05, 3.63) is 160 Å². The molecule has 500 valence electrons. The molecule has 5 fully saturated rings. The van der Waals surface area contributed by atoms with Gasteiger partial charge < -0.3 is 79.0 Å². The van der Waals surface area contributed by atoms with Gasteiger partial charge in [-0.25, -0.2) is 24.0 Å². The van der Waals surface area contributed by atoms with Crippen molar-refractivity contribution in [1.82, 2.24) is 23.6 Å². The summed E-state index contributed by atoms with van der Waals surface area (Å²) >= 11 is 0. The molecule has 0 spiro atoms. The Hall–Kier alpha value is -8.05. The predicted octanol–water partition coefficient (Wildman–Crippen LogP) is 5.15. The fourth-order valence-electron chi connectivity index (χ4n) is 11.2. The van der Waals surface area contributed by atoms with Gasteiger partial charge in [-0.2, -0.15) is 0 Å². The fraction of sp³-hybridized carbons (Fsp3) is 0.547. The first-order valence-electron chi connectivity index (χ1n) is 30.8. The van der Waals surface area contributed by atoms with Gasteiger partial charge in [0.05, 0.1) is 87.0 Å². The van der Waals surface area contributed by atoms with E-state index in [-0.39, 0.29) is 75.6 Å². The van der Waals surface area contributed by atoms with Crippen molar-refractivity contribution in [1.29, 1.82) is 0 Å². The number of aliphatic hydroxyl groups is 5. The van der Waals surface area contributed by atoms with E-state index >= 15 is 0 Å². The van der Waals surface area contributed by atoms with E-state index in [9.17, 15) is 63.6 Å². The minimum atomic E-state index is -1.23. The number of methoxy groups -OCH3 is 2. The van der Waals surface area contributed by atoms with Crippen LogP contribution in [0.3, 0.4) is 0 Å². The molecule has 1 saturated heterocycles. The highest BCUT2D eigenvalue weighted by atomic mass is 16.6. The number of esters is 2. The number of rotatable bonds is 8. The number of anilines is 2. The molecule has 5 aromatic rings. The number of hydrogen-bond acceptors (Lipinski definition) is 21. The molecule has 0 radical (unpaired) electrons. The Morgan fingerprint density at radius 2 is 0.912 bits per heavy atom. The highest BCUT2D eigenvalue weighted by Gasteiger charge is 2.30. The van der Waals surface area contributed by atoms with Crippen LogP contribution in [0.2, 0.25) is 0 Å². The molecule has 27 nitrogen and oxygen atoms in total. The molecule has 0 bridgehead atoms. The number of carboxylic acid groups (broad SMARTS) is 1. The maximum absolute atomic E-state index is 12.5. The normalized spacial score (nSPS) is 23.6. The van der Waals surface area contributed by atoms with Crippen LogP contribution in [0.15, 0.2) is 120 Å². The number of carbonyl (C=O) groups excluding carboxylic acids is 3. The summed E-state index contributed by atoms with van der Waals surface area (Å²) in [7, 11) is 2.45. The largest absolute Gasteiger partial charge is 0.477 e. The molecule has 4 saturated carbocycles. The number of amides is 1. The van der Waals surface area contributed by atoms with Crippen molar-refractivity contribution < 1.29 is 68.4 Å². The second kappa shape index (κ2) is 36.1. The summed E-state index contributed by atoms with van der Waals surface area (Å²) in [5.74, 6) is -2.55. The average Bonchev–Trinajstić information content (AvgIpc) is 1.37. The first kappa shape index (κ1) is 73.7. The molecule has 1 aliphatic heterocycles. The second-order valence-electron chi connectivity index (χ2n) is 23.7. The van der Waals surface area contributed by atoms with Crippen LogP contribution in [0.5, 0.6) is 0 Å². The molecule has 10 atom stereocenters. The van der Waals surface area contributed by atoms with Crippen molar-refractivity contribution in [3.63, 3.8) is 0 Å². The van der Waals surface area contributed by atoms with Crippen LogP contribution in [0, 0.1) is 0 Å². The molecule has 6 heterocycles. The van der Waals surface area contributed by atoms with E-state index in [0.717, 1.165) is 96.4 Å². The smallest absolute Gasteiger partial charge is 0.412 e. The quantitative estimate of drug-likeness (QED) is 0.0709. The third-order valence-corrected chi connectivity index (χ3v) is 16.0. The number of hydrogen-bond donors (Lipinski definition) is 10. The number of nitrogens with zero attached hydrogens (tertiary/aromatic N) is 4. The van der Waals surface area contributed by atoms with Gasteiger partial charge in [0, 0.05) is 24.8 Å². The number of carboxylic acids is 1. The molecule has 27 heteroatoms. The molecule has 91 heavy (non-hydrogen) atoms. The minimum absolute atomic E-state index is 0.0118. The van der Waals surface area contributed by atoms with Gasteiger partial charge >= 0.3 is 29.6 Å². The molecular formula is C64H90N8O19. The minimum Gasteiger partial charge on any atom is -0.477 e. The standard InChI is InChI=1S/C16H24N2O4.C13H17NO4.C12H15NO4.C11H16N2O2.C7H6O4.C5H12N2O/c1-16(2,3)22-15(21)17-11-7-6-10-18(14(11)20)12-8-4-5-9-13(12)19;1-18-13(17)9-5-4-8-14(12(9)16)10-6-2-3-7-11(10)15;14-10-6-2-1-5-9(10)13-7-3-4-8(11(13)15)12(16)17;12-8-4-3-7-13(11(8)15)9-5-1-2-6-10(9)14;1-10-6(8)5-3-2-4-11-7(5)9;6-5-4(8)2-1-3-7-5/h6-7,10,12-13,19H,4-5,8-9H2,1-3H3,(H,17,21);4-5,8,10-11,15H,2-3,6-7H2,1H3;3-4,7,9-10,14H,1-2,5-6H2,(H,16,17);3-4,7,9-10,14H,1-2,5-6,12H2;2-4H,1H3;4-5,7-8H,1-3,6H2/t12-,13+;10-,11+;2*9-,10+;;4-,5+/m1111.0/s1. The number of aromatic nitrogens is 4. The lowest BCUT2D eigenvalue weighted by molar-refractivity contribution is 0.0582. The van der Waals surface area contributed by atoms with Crippen LogP contribution in [0.25, 0.3) is 0 Å². The van der Waals surface area contributed by atoms with Gasteiger partial charge in [-0.1, -0.05) is 51.4 Å². The zero-order chi connectivity index (χ0) is 67.0. The number of aliphatic hydroxyl groups excluding tert-OH is 5. The van der Waals surface area contributed by atoms with E-state index in [1.807, 2.05) is 0 Å². The Labute approximate surface area is 526 Å². The highest BCUT2D eigenvalue weighted by molar-refractivity contribution is 5.89. The van der Waals surface area contributed by atoms with Crippen molar-refractivity contribution in [2.45, 2.75) is 203 Å². The number of piperidine rings is 1. The van der Waals surface area contributed by atoms with Gasteiger partial charge in [-0.15, -0.1) is 0 Å². The SMILES string of the molecule is CC(C)(C)OC(=O)Nc1cccn([C@@H]2CCCC[C@@H]2O)c1=O.COC(=O)c1cccn([C@@H]2CCCC[C@@H]2O)c1=O.COC(=O)c1cccoc1=O.N[C@@H]1NCCC[C@@H]1O.Nc1cccn([C@@H]2CCCC[C@@H]2O)c1=O.O=C(O)c1cccn([C@@H]2CCCC[C@@H]2O)c1=O. The first-order chi connectivity index (χ1) is 43.3. The van der Waals surface area contributed by atoms with Crippen LogP contribution in [-0.4, -0.2) is 136 Å². The summed E-state index contributed by atoms with van der Waals surface area (Å²) in [6, 6.07) is 14.4. The number of nitrogens with two attached hydrogens (primary N) is 2. The number of carbonyl (C=O) groups is 4. The lowest BCUT2D eigenvalue weighted by atomic mass is 9.92. The van der Waals surface area contributed by atoms with E-state index in [0.29, 0.717) is 25.7 Å². The summed E-state index contributed by atoms with van der Waals surface area (Å²) in [5.41, 5.74) is 8.31. The zero-order valence-electron chi connectivity index (χ0n) is 52.3. The van der Waals surface area contributed by atoms with Gasteiger partial charge in [0.2, 0.25) is 0 Å². The lowest BCUT2D eigenvalue weighted by Crippen LogP contribution is -2.50. The van der Waals surface area contributed by atoms with E-state index in [1.54, 1.807) is 74.4 Å². The molecule has 0 unspecified atom stereocenters. The molecule has 1 amide bonds. The van der Waals surface area contributed by atoms with Crippen molar-refractivity contribution in [2.24, 2.45) is 5.73 Å². The number of aromatic carboxylic acids is 1. The van der Waals surface area contributed by atoms with Crippen LogP contribution >= 0.6 is 0 Å². The Bertz CT molecular complexity index is 3450. The Morgan fingerprint density at radius 3 is 1.32 bits per heavy atom. The lowest BCUT2D eigenvalue weighted by Gasteiger charge is -2.29. The number of nitrogen functional groups attached to an aromatic ring is 1. The van der Waals surface area contributed by atoms with Gasteiger partial charge in [-0.05, 0) is 152 Å². The van der Waals surface area contributed by atoms with Crippen molar-refractivity contribution in [3.8, 4) is 0 Å². The van der Waals surface area contributed by atoms with Crippen molar-refractivity contribution >= 4 is 35.4 Å². The van der Waals surface area contributed by atoms with E-state index in [4.69, 9.17) is 26.4 Å². The fourth-order valence-corrected chi connectivity index (χ4v) is 11.2. The highest BCUT2D eigenvalue weighted by Crippen LogP contribution is 2.31. The van der Waals surface area contributed by atoms with E-state index in [2.05, 4.69) is 24.5 Å². The van der Waals surface area contributed by atoms with Gasteiger partial charge in [0.1, 0.15) is 28.0 Å². The molecule has 10 rings (SSSR count). The monoisotopic (exact) mass is 1270 g/mol. The van der Waals surface area contributed by atoms with Gasteiger partial charge in [0.25, 0.3) is 22.2 Å². The average molecular weight is 1280 g/mol. The number of pyridine rings is 4. The van der Waals surface area contributed by atoms with Crippen LogP contribution in [0.4, 0.5) is 16.2 Å². The van der Waals surface area contributed by atoms with Crippen LogP contribution in [0.1, 0.15) is 192 Å². The van der Waals surface area contributed by atoms with Crippen molar-refractivity contribution in [2.75, 3.05) is 31.8 Å². The summed E-state index contributed by atoms with van der Waals surface area (Å²) in [6.07, 6.45) is 20.2. The Kier molecular flexibility index (Phi) is 29.2. The number of ether oxygens (including phenoxy) is 3. The molecule has 0 aromatic carbocycles. The van der Waals surface area contributed by atoms with Gasteiger partial charge in [-0.3, -0.25) is 29.8 Å². The molecule has 5 aromatic heterocycles. The summed E-state index contributed by atoms with van der Waals surface area (Å²) in [6.45, 7) is 6.22. The predicted molar refractivity (Wildman–Crippen MR) is 337 cm³/mol. The third-order valence-electron chi connectivity index (χ3n) is 16.0. The summed E-state index contributed by atoms with van der Waals surface area (Å²) in [4.78, 5) is 104. The van der Waals surface area contributed by atoms with Crippen LogP contribution in [-0.2, 0) is 14.2 Å². The maximum Gasteiger partial charge on any atom is 0.412 e. The number of nitrogens with one attached hydrogen (secondary N) is 2. The Morgan fingerprint density at radius 1 is 0.527 bits per heavy atom. The zero-order valence-corrected chi connectivity index (χ0v) is 52.3. The topological polar surface area (TPSA) is 412 Å². The molecule has 4 aliphatic carbocycles. The summed E-state index contributed by atoms with van der Waals surface area (Å²) in [5, 5.41) is 63.1. The molecule has 5 aliphatic rings. The molecule has 12 N–H and O–H groups in total. The second-order valence-corrected chi connectivity index (χ2v) is 23.7. The maximum atomic E-state index is 12.5. The van der Waals surface area contributed by atoms with E-state index < -0.39 is 70.8 Å². The third kappa shape index (κ3) is 21.8. The van der Waals surface area contributed by atoms with E-state index in [1.165, 1.54) is 70.6 Å². The Balaban J connectivity index is 0.000000203. The molecular weight excluding hydrogens is 1180 g/mol. The first-order valence-corrected chi connectivity index (χ1v) is 30.8. The summed E-state index contributed by atoms with van der Waals surface area (Å²) < 4.78 is 24.4. The van der Waals surface area contributed by atoms with Gasteiger partial charge in [0.15, 0.2) is 0 Å².